The Balaban J connectivity index is 1.80. The van der Waals surface area contributed by atoms with E-state index in [2.05, 4.69) is 41.4 Å². The van der Waals surface area contributed by atoms with E-state index in [0.717, 1.165) is 11.3 Å². The highest BCUT2D eigenvalue weighted by molar-refractivity contribution is 6.10. The number of hydrogen-bond acceptors (Lipinski definition) is 4. The van der Waals surface area contributed by atoms with E-state index in [-0.39, 0.29) is 11.3 Å². The van der Waals surface area contributed by atoms with Gasteiger partial charge in [-0.1, -0.05) is 39.0 Å². The van der Waals surface area contributed by atoms with Crippen molar-refractivity contribution in [3.05, 3.63) is 89.7 Å². The van der Waals surface area contributed by atoms with Crippen molar-refractivity contribution < 1.29 is 9.53 Å². The smallest absolute Gasteiger partial charge is 0.257 e. The van der Waals surface area contributed by atoms with E-state index in [1.807, 2.05) is 60.7 Å². The normalized spacial score (nSPS) is 11.7. The molecule has 160 valence electrons. The molecule has 1 aromatic heterocycles. The number of benzene rings is 2. The molecule has 31 heavy (non-hydrogen) atoms. The van der Waals surface area contributed by atoms with Gasteiger partial charge in [-0.2, -0.15) is 0 Å². The van der Waals surface area contributed by atoms with Gasteiger partial charge in [0.1, 0.15) is 5.75 Å². The fourth-order valence-electron chi connectivity index (χ4n) is 2.91. The van der Waals surface area contributed by atoms with Crippen molar-refractivity contribution in [1.82, 2.24) is 10.3 Å². The molecule has 3 rings (SSSR count). The van der Waals surface area contributed by atoms with Crippen LogP contribution in [0, 0.1) is 0 Å². The van der Waals surface area contributed by atoms with Gasteiger partial charge in [0.25, 0.3) is 5.91 Å². The largest absolute Gasteiger partial charge is 0.497 e. The van der Waals surface area contributed by atoms with Crippen LogP contribution >= 0.6 is 0 Å². The Morgan fingerprint density at radius 2 is 1.74 bits per heavy atom. The molecule has 6 nitrogen and oxygen atoms in total. The molecule has 0 saturated heterocycles. The molecule has 1 heterocycles. The number of carbonyl (C=O) groups excluding carboxylic acids is 1. The molecule has 0 unspecified atom stereocenters. The number of nitrogens with zero attached hydrogens (tertiary/aromatic N) is 2. The minimum atomic E-state index is -0.232. The van der Waals surface area contributed by atoms with Crippen molar-refractivity contribution in [3.8, 4) is 5.75 Å². The lowest BCUT2D eigenvalue weighted by molar-refractivity contribution is 0.0977. The van der Waals surface area contributed by atoms with Gasteiger partial charge in [-0.25, -0.2) is 4.99 Å². The third-order valence-corrected chi connectivity index (χ3v) is 4.75. The van der Waals surface area contributed by atoms with Crippen molar-refractivity contribution in [2.24, 2.45) is 4.99 Å². The first-order valence-corrected chi connectivity index (χ1v) is 10.1. The third kappa shape index (κ3) is 6.40. The van der Waals surface area contributed by atoms with Gasteiger partial charge in [-0.15, -0.1) is 0 Å². The Bertz CT molecular complexity index is 1040. The summed E-state index contributed by atoms with van der Waals surface area (Å²) in [6, 6.07) is 18.9. The maximum absolute atomic E-state index is 12.9. The topological polar surface area (TPSA) is 75.6 Å². The summed E-state index contributed by atoms with van der Waals surface area (Å²) in [4.78, 5) is 21.5. The molecule has 0 radical (unpaired) electrons. The predicted molar refractivity (Wildman–Crippen MR) is 125 cm³/mol. The lowest BCUT2D eigenvalue weighted by Gasteiger charge is -2.19. The van der Waals surface area contributed by atoms with E-state index < -0.39 is 0 Å². The van der Waals surface area contributed by atoms with Gasteiger partial charge >= 0.3 is 0 Å². The molecule has 2 N–H and O–H groups in total. The van der Waals surface area contributed by atoms with Gasteiger partial charge in [0.2, 0.25) is 5.96 Å². The van der Waals surface area contributed by atoms with Crippen LogP contribution in [0.15, 0.2) is 78.0 Å². The summed E-state index contributed by atoms with van der Waals surface area (Å²) in [5.41, 5.74) is 3.52. The fourth-order valence-corrected chi connectivity index (χ4v) is 2.91. The van der Waals surface area contributed by atoms with E-state index in [0.29, 0.717) is 23.8 Å². The molecule has 0 aliphatic rings. The maximum atomic E-state index is 12.9. The molecule has 0 aliphatic heterocycles. The highest BCUT2D eigenvalue weighted by atomic mass is 16.5. The monoisotopic (exact) mass is 416 g/mol. The first-order chi connectivity index (χ1) is 14.8. The second kappa shape index (κ2) is 9.89. The number of pyridine rings is 1. The molecule has 6 heteroatoms. The van der Waals surface area contributed by atoms with Crippen molar-refractivity contribution in [2.75, 3.05) is 12.4 Å². The van der Waals surface area contributed by atoms with E-state index >= 15 is 0 Å². The highest BCUT2D eigenvalue weighted by Gasteiger charge is 2.15. The molecular weight excluding hydrogens is 388 g/mol. The first-order valence-electron chi connectivity index (χ1n) is 10.1. The average molecular weight is 417 g/mol. The molecule has 0 fully saturated rings. The van der Waals surface area contributed by atoms with E-state index in [9.17, 15) is 4.79 Å². The van der Waals surface area contributed by atoms with Gasteiger partial charge in [-0.3, -0.25) is 15.1 Å². The number of nitrogens with one attached hydrogen (secondary N) is 2. The van der Waals surface area contributed by atoms with Crippen molar-refractivity contribution in [3.63, 3.8) is 0 Å². The lowest BCUT2D eigenvalue weighted by atomic mass is 9.87. The number of aromatic nitrogens is 1. The maximum Gasteiger partial charge on any atom is 0.257 e. The van der Waals surface area contributed by atoms with Crippen molar-refractivity contribution in [1.29, 1.82) is 0 Å². The number of hydrogen-bond donors (Lipinski definition) is 2. The summed E-state index contributed by atoms with van der Waals surface area (Å²) in [5, 5.41) is 6.07. The Kier molecular flexibility index (Phi) is 7.03. The number of anilines is 1. The molecule has 0 spiro atoms. The zero-order valence-corrected chi connectivity index (χ0v) is 18.3. The summed E-state index contributed by atoms with van der Waals surface area (Å²) in [6.45, 7) is 6.83. The number of guanidine groups is 1. The molecule has 2 aromatic carbocycles. The number of methoxy groups -OCH3 is 1. The van der Waals surface area contributed by atoms with Crippen LogP contribution in [0.4, 0.5) is 5.69 Å². The second-order valence-corrected chi connectivity index (χ2v) is 8.16. The number of rotatable bonds is 5. The minimum Gasteiger partial charge on any atom is -0.497 e. The van der Waals surface area contributed by atoms with Crippen LogP contribution in [0.3, 0.4) is 0 Å². The van der Waals surface area contributed by atoms with Crippen LogP contribution < -0.4 is 15.4 Å². The zero-order chi connectivity index (χ0) is 22.3. The Morgan fingerprint density at radius 1 is 1.03 bits per heavy atom. The molecule has 3 aromatic rings. The van der Waals surface area contributed by atoms with Crippen LogP contribution in [0.25, 0.3) is 0 Å². The number of aliphatic imine (C=N–C) groups is 1. The van der Waals surface area contributed by atoms with Crippen LogP contribution in [-0.4, -0.2) is 24.0 Å². The van der Waals surface area contributed by atoms with Gasteiger partial charge in [0.15, 0.2) is 0 Å². The van der Waals surface area contributed by atoms with E-state index in [4.69, 9.17) is 4.74 Å². The number of carbonyl (C=O) groups is 1. The zero-order valence-electron chi connectivity index (χ0n) is 18.3. The standard InChI is InChI=1S/C25H28N4O2/c1-25(2,3)20-10-8-19(9-11-20)23(30)29-24(27-17-18-12-14-26-15-13-18)28-21-6-5-7-22(16-21)31-4/h5-16H,17H2,1-4H3,(H2,27,28,29,30). The first kappa shape index (κ1) is 22.0. The Morgan fingerprint density at radius 3 is 2.39 bits per heavy atom. The van der Waals surface area contributed by atoms with Crippen LogP contribution in [-0.2, 0) is 12.0 Å². The molecule has 1 amide bonds. The molecule has 0 atom stereocenters. The number of ether oxygens (including phenoxy) is 1. The second-order valence-electron chi connectivity index (χ2n) is 8.16. The summed E-state index contributed by atoms with van der Waals surface area (Å²) in [5.74, 6) is 0.835. The molecule has 0 saturated carbocycles. The van der Waals surface area contributed by atoms with Gasteiger partial charge < -0.3 is 10.1 Å². The SMILES string of the molecule is COc1cccc(NC(=NCc2ccncc2)NC(=O)c2ccc(C(C)(C)C)cc2)c1. The number of amides is 1. The minimum absolute atomic E-state index is 0.0279. The average Bonchev–Trinajstić information content (AvgIpc) is 2.78. The molecular formula is C25H28N4O2. The van der Waals surface area contributed by atoms with Crippen LogP contribution in [0.2, 0.25) is 0 Å². The van der Waals surface area contributed by atoms with Crippen LogP contribution in [0.1, 0.15) is 42.3 Å². The van der Waals surface area contributed by atoms with Crippen LogP contribution in [0.5, 0.6) is 5.75 Å². The quantitative estimate of drug-likeness (QED) is 0.463. The summed E-state index contributed by atoms with van der Waals surface area (Å²) >= 11 is 0. The summed E-state index contributed by atoms with van der Waals surface area (Å²) < 4.78 is 5.28. The summed E-state index contributed by atoms with van der Waals surface area (Å²) in [6.07, 6.45) is 3.44. The van der Waals surface area contributed by atoms with Crippen molar-refractivity contribution in [2.45, 2.75) is 32.7 Å². The van der Waals surface area contributed by atoms with Gasteiger partial charge in [-0.05, 0) is 52.9 Å². The fraction of sp³-hybridized carbons (Fsp3) is 0.240. The highest BCUT2D eigenvalue weighted by Crippen LogP contribution is 2.22. The van der Waals surface area contributed by atoms with E-state index in [1.165, 1.54) is 5.56 Å². The molecule has 0 aliphatic carbocycles. The lowest BCUT2D eigenvalue weighted by Crippen LogP contribution is -2.36. The Labute approximate surface area is 183 Å². The van der Waals surface area contributed by atoms with Crippen molar-refractivity contribution >= 4 is 17.6 Å². The van der Waals surface area contributed by atoms with Gasteiger partial charge in [0.05, 0.1) is 13.7 Å². The van der Waals surface area contributed by atoms with Gasteiger partial charge in [0, 0.05) is 29.7 Å². The van der Waals surface area contributed by atoms with E-state index in [1.54, 1.807) is 19.5 Å². The predicted octanol–water partition coefficient (Wildman–Crippen LogP) is 4.79. The molecule has 0 bridgehead atoms. The Hall–Kier alpha value is -3.67. The third-order valence-electron chi connectivity index (χ3n) is 4.75. The summed E-state index contributed by atoms with van der Waals surface area (Å²) in [7, 11) is 1.61.